The smallest absolute Gasteiger partial charge is 0.241 e. The predicted molar refractivity (Wildman–Crippen MR) is 92.0 cm³/mol. The van der Waals surface area contributed by atoms with Gasteiger partial charge in [0.25, 0.3) is 0 Å². The lowest BCUT2D eigenvalue weighted by atomic mass is 9.85. The lowest BCUT2D eigenvalue weighted by Gasteiger charge is -2.24. The highest BCUT2D eigenvalue weighted by Crippen LogP contribution is 2.33. The van der Waals surface area contributed by atoms with Gasteiger partial charge in [-0.05, 0) is 55.9 Å². The maximum atomic E-state index is 12.4. The Morgan fingerprint density at radius 3 is 2.81 bits per heavy atom. The van der Waals surface area contributed by atoms with Crippen LogP contribution < -0.4 is 10.6 Å². The van der Waals surface area contributed by atoms with E-state index in [2.05, 4.69) is 26.6 Å². The van der Waals surface area contributed by atoms with E-state index in [1.165, 1.54) is 25.7 Å². The van der Waals surface area contributed by atoms with Crippen LogP contribution in [0.2, 0.25) is 0 Å². The topological polar surface area (TPSA) is 41.1 Å². The highest BCUT2D eigenvalue weighted by Gasteiger charge is 2.38. The molecule has 1 aromatic carbocycles. The minimum Gasteiger partial charge on any atom is -0.324 e. The minimum absolute atomic E-state index is 0. The fourth-order valence-corrected chi connectivity index (χ4v) is 3.98. The van der Waals surface area contributed by atoms with Crippen molar-refractivity contribution in [1.82, 2.24) is 5.32 Å². The third-order valence-electron chi connectivity index (χ3n) is 4.63. The number of hydrogen-bond donors (Lipinski definition) is 2. The molecule has 1 aromatic rings. The van der Waals surface area contributed by atoms with Gasteiger partial charge in [0.2, 0.25) is 5.91 Å². The Hall–Kier alpha value is -0.580. The van der Waals surface area contributed by atoms with Gasteiger partial charge in [-0.3, -0.25) is 4.79 Å². The van der Waals surface area contributed by atoms with E-state index >= 15 is 0 Å². The van der Waals surface area contributed by atoms with Gasteiger partial charge in [0.1, 0.15) is 0 Å². The largest absolute Gasteiger partial charge is 0.324 e. The van der Waals surface area contributed by atoms with Gasteiger partial charge in [-0.25, -0.2) is 0 Å². The molecule has 3 atom stereocenters. The second-order valence-corrected chi connectivity index (χ2v) is 6.97. The predicted octanol–water partition coefficient (Wildman–Crippen LogP) is 4.04. The van der Waals surface area contributed by atoms with E-state index in [1.807, 2.05) is 25.1 Å². The molecule has 1 aliphatic carbocycles. The average Bonchev–Trinajstić information content (AvgIpc) is 2.86. The van der Waals surface area contributed by atoms with Crippen molar-refractivity contribution in [3.63, 3.8) is 0 Å². The number of carbonyl (C=O) groups excluding carboxylic acids is 1. The number of rotatable bonds is 2. The number of fused-ring (bicyclic) bond motifs is 1. The molecule has 5 heteroatoms. The highest BCUT2D eigenvalue weighted by molar-refractivity contribution is 9.10. The SMILES string of the molecule is Cc1cc(Br)ccc1NC(=O)C1CC2CCCCC2N1.Cl. The maximum absolute atomic E-state index is 12.4. The third kappa shape index (κ3) is 3.79. The van der Waals surface area contributed by atoms with Crippen molar-refractivity contribution in [3.8, 4) is 0 Å². The summed E-state index contributed by atoms with van der Waals surface area (Å²) in [5.41, 5.74) is 2.00. The molecule has 2 N–H and O–H groups in total. The van der Waals surface area contributed by atoms with E-state index in [0.29, 0.717) is 12.0 Å². The molecule has 0 radical (unpaired) electrons. The Labute approximate surface area is 140 Å². The molecule has 3 unspecified atom stereocenters. The van der Waals surface area contributed by atoms with E-state index in [4.69, 9.17) is 0 Å². The van der Waals surface area contributed by atoms with Crippen LogP contribution in [-0.2, 0) is 4.79 Å². The number of aryl methyl sites for hydroxylation is 1. The van der Waals surface area contributed by atoms with Gasteiger partial charge >= 0.3 is 0 Å². The number of amides is 1. The van der Waals surface area contributed by atoms with Crippen LogP contribution in [0.1, 0.15) is 37.7 Å². The number of anilines is 1. The van der Waals surface area contributed by atoms with Crippen LogP contribution in [0.25, 0.3) is 0 Å². The molecule has 0 bridgehead atoms. The summed E-state index contributed by atoms with van der Waals surface area (Å²) < 4.78 is 1.04. The number of carbonyl (C=O) groups is 1. The first-order chi connectivity index (χ1) is 9.63. The number of nitrogens with one attached hydrogen (secondary N) is 2. The first kappa shape index (κ1) is 16.8. The zero-order valence-corrected chi connectivity index (χ0v) is 14.6. The molecule has 3 rings (SSSR count). The Bertz CT molecular complexity index is 509. The second kappa shape index (κ2) is 7.12. The molecule has 3 nitrogen and oxygen atoms in total. The van der Waals surface area contributed by atoms with Crippen LogP contribution in [0.3, 0.4) is 0 Å². The molecule has 1 saturated heterocycles. The maximum Gasteiger partial charge on any atom is 0.241 e. The molecule has 1 aliphatic heterocycles. The first-order valence-corrected chi connectivity index (χ1v) is 8.26. The summed E-state index contributed by atoms with van der Waals surface area (Å²) in [4.78, 5) is 12.4. The monoisotopic (exact) mass is 372 g/mol. The van der Waals surface area contributed by atoms with E-state index in [-0.39, 0.29) is 24.4 Å². The van der Waals surface area contributed by atoms with Crippen molar-refractivity contribution in [1.29, 1.82) is 0 Å². The van der Waals surface area contributed by atoms with Crippen LogP contribution in [0, 0.1) is 12.8 Å². The summed E-state index contributed by atoms with van der Waals surface area (Å²) >= 11 is 3.45. The molecule has 116 valence electrons. The highest BCUT2D eigenvalue weighted by atomic mass is 79.9. The van der Waals surface area contributed by atoms with E-state index < -0.39 is 0 Å². The zero-order valence-electron chi connectivity index (χ0n) is 12.2. The van der Waals surface area contributed by atoms with E-state index in [9.17, 15) is 4.79 Å². The molecule has 1 amide bonds. The van der Waals surface area contributed by atoms with Crippen LogP contribution >= 0.6 is 28.3 Å². The van der Waals surface area contributed by atoms with Gasteiger partial charge < -0.3 is 10.6 Å². The first-order valence-electron chi connectivity index (χ1n) is 7.46. The van der Waals surface area contributed by atoms with Crippen LogP contribution in [-0.4, -0.2) is 18.0 Å². The van der Waals surface area contributed by atoms with Crippen molar-refractivity contribution >= 4 is 39.9 Å². The molecule has 0 spiro atoms. The fourth-order valence-electron chi connectivity index (χ4n) is 3.51. The van der Waals surface area contributed by atoms with Crippen molar-refractivity contribution in [2.45, 2.75) is 51.1 Å². The van der Waals surface area contributed by atoms with Crippen LogP contribution in [0.15, 0.2) is 22.7 Å². The minimum atomic E-state index is -0.0221. The molecule has 2 fully saturated rings. The van der Waals surface area contributed by atoms with Crippen molar-refractivity contribution in [2.24, 2.45) is 5.92 Å². The Morgan fingerprint density at radius 1 is 1.33 bits per heavy atom. The second-order valence-electron chi connectivity index (χ2n) is 6.05. The molecular weight excluding hydrogens is 352 g/mol. The summed E-state index contributed by atoms with van der Waals surface area (Å²) in [6, 6.07) is 6.48. The van der Waals surface area contributed by atoms with Gasteiger partial charge in [-0.2, -0.15) is 0 Å². The summed E-state index contributed by atoms with van der Waals surface area (Å²) in [7, 11) is 0. The van der Waals surface area contributed by atoms with Gasteiger partial charge in [-0.1, -0.05) is 28.8 Å². The van der Waals surface area contributed by atoms with Crippen molar-refractivity contribution < 1.29 is 4.79 Å². The number of benzene rings is 1. The molecule has 21 heavy (non-hydrogen) atoms. The normalized spacial score (nSPS) is 27.6. The number of halogens is 2. The van der Waals surface area contributed by atoms with Crippen molar-refractivity contribution in [3.05, 3.63) is 28.2 Å². The van der Waals surface area contributed by atoms with E-state index in [1.54, 1.807) is 0 Å². The molecule has 2 aliphatic rings. The molecule has 1 heterocycles. The summed E-state index contributed by atoms with van der Waals surface area (Å²) in [5.74, 6) is 0.815. The summed E-state index contributed by atoms with van der Waals surface area (Å²) in [6.07, 6.45) is 6.12. The Kier molecular flexibility index (Phi) is 5.69. The standard InChI is InChI=1S/C16H21BrN2O.ClH/c1-10-8-12(17)6-7-13(10)19-16(20)15-9-11-4-2-3-5-14(11)18-15;/h6-8,11,14-15,18H,2-5,9H2,1H3,(H,19,20);1H. The van der Waals surface area contributed by atoms with Gasteiger partial charge in [0.05, 0.1) is 6.04 Å². The van der Waals surface area contributed by atoms with Crippen molar-refractivity contribution in [2.75, 3.05) is 5.32 Å². The van der Waals surface area contributed by atoms with Crippen LogP contribution in [0.5, 0.6) is 0 Å². The third-order valence-corrected chi connectivity index (χ3v) is 5.12. The van der Waals surface area contributed by atoms with Gasteiger partial charge in [0, 0.05) is 16.2 Å². The lowest BCUT2D eigenvalue weighted by Crippen LogP contribution is -2.40. The molecule has 0 aromatic heterocycles. The summed E-state index contributed by atoms with van der Waals surface area (Å²) in [6.45, 7) is 2.02. The van der Waals surface area contributed by atoms with Crippen LogP contribution in [0.4, 0.5) is 5.69 Å². The molecule has 1 saturated carbocycles. The Balaban J connectivity index is 0.00000161. The lowest BCUT2D eigenvalue weighted by molar-refractivity contribution is -0.117. The average molecular weight is 374 g/mol. The van der Waals surface area contributed by atoms with E-state index in [0.717, 1.165) is 22.1 Å². The zero-order chi connectivity index (χ0) is 14.1. The van der Waals surface area contributed by atoms with Gasteiger partial charge in [0.15, 0.2) is 0 Å². The quantitative estimate of drug-likeness (QED) is 0.821. The Morgan fingerprint density at radius 2 is 2.10 bits per heavy atom. The van der Waals surface area contributed by atoms with Gasteiger partial charge in [-0.15, -0.1) is 12.4 Å². The number of hydrogen-bond acceptors (Lipinski definition) is 2. The summed E-state index contributed by atoms with van der Waals surface area (Å²) in [5, 5.41) is 6.59. The molecular formula is C16H22BrClN2O. The fraction of sp³-hybridized carbons (Fsp3) is 0.562.